The minimum Gasteiger partial charge on any atom is -0.486 e. The van der Waals surface area contributed by atoms with Crippen LogP contribution in [0.15, 0.2) is 48.5 Å². The van der Waals surface area contributed by atoms with Gasteiger partial charge in [0.15, 0.2) is 11.5 Å². The Morgan fingerprint density at radius 3 is 2.54 bits per heavy atom. The zero-order chi connectivity index (χ0) is 16.9. The number of nitrogens with one attached hydrogen (secondary N) is 2. The van der Waals surface area contributed by atoms with Gasteiger partial charge in [0, 0.05) is 5.69 Å². The van der Waals surface area contributed by atoms with E-state index in [0.717, 1.165) is 5.56 Å². The third-order valence-corrected chi connectivity index (χ3v) is 3.66. The van der Waals surface area contributed by atoms with Crippen LogP contribution in [-0.2, 0) is 9.59 Å². The fourth-order valence-corrected chi connectivity index (χ4v) is 2.34. The summed E-state index contributed by atoms with van der Waals surface area (Å²) in [5.41, 5.74) is 1.50. The number of rotatable bonds is 3. The molecule has 1 heterocycles. The first-order valence-electron chi connectivity index (χ1n) is 7.67. The maximum absolute atomic E-state index is 11.9. The first-order chi connectivity index (χ1) is 11.6. The van der Waals surface area contributed by atoms with Gasteiger partial charge in [-0.2, -0.15) is 0 Å². The Morgan fingerprint density at radius 2 is 1.75 bits per heavy atom. The Hall–Kier alpha value is -3.02. The van der Waals surface area contributed by atoms with E-state index in [4.69, 9.17) is 9.47 Å². The number of anilines is 1. The summed E-state index contributed by atoms with van der Waals surface area (Å²) >= 11 is 0. The predicted octanol–water partition coefficient (Wildman–Crippen LogP) is 1.89. The van der Waals surface area contributed by atoms with Crippen molar-refractivity contribution in [2.24, 2.45) is 0 Å². The summed E-state index contributed by atoms with van der Waals surface area (Å²) in [5, 5.41) is 5.16. The second-order valence-electron chi connectivity index (χ2n) is 5.48. The number of para-hydroxylation sites is 3. The third kappa shape index (κ3) is 3.65. The first-order valence-corrected chi connectivity index (χ1v) is 7.67. The fourth-order valence-electron chi connectivity index (χ4n) is 2.34. The summed E-state index contributed by atoms with van der Waals surface area (Å²) in [6.45, 7) is 2.36. The van der Waals surface area contributed by atoms with E-state index in [9.17, 15) is 9.59 Å². The summed E-state index contributed by atoms with van der Waals surface area (Å²) in [7, 11) is 0. The lowest BCUT2D eigenvalue weighted by atomic mass is 10.2. The van der Waals surface area contributed by atoms with Gasteiger partial charge in [-0.15, -0.1) is 0 Å². The van der Waals surface area contributed by atoms with Crippen LogP contribution >= 0.6 is 0 Å². The Balaban J connectivity index is 1.51. The first kappa shape index (κ1) is 15.9. The van der Waals surface area contributed by atoms with Gasteiger partial charge in [0.2, 0.25) is 0 Å². The number of hydrogen-bond acceptors (Lipinski definition) is 4. The van der Waals surface area contributed by atoms with Crippen molar-refractivity contribution < 1.29 is 19.1 Å². The van der Waals surface area contributed by atoms with Gasteiger partial charge in [-0.25, -0.2) is 0 Å². The van der Waals surface area contributed by atoms with Gasteiger partial charge in [0.05, 0.1) is 6.54 Å². The Kier molecular flexibility index (Phi) is 4.65. The van der Waals surface area contributed by atoms with E-state index < -0.39 is 11.8 Å². The fraction of sp³-hybridized carbons (Fsp3) is 0.222. The van der Waals surface area contributed by atoms with Gasteiger partial charge in [-0.05, 0) is 30.7 Å². The molecule has 2 N–H and O–H groups in total. The number of carbonyl (C=O) groups excluding carboxylic acids is 2. The van der Waals surface area contributed by atoms with Crippen LogP contribution in [0.3, 0.4) is 0 Å². The van der Waals surface area contributed by atoms with E-state index in [1.54, 1.807) is 18.2 Å². The third-order valence-electron chi connectivity index (χ3n) is 3.66. The Bertz CT molecular complexity index is 760. The largest absolute Gasteiger partial charge is 0.486 e. The van der Waals surface area contributed by atoms with Crippen LogP contribution in [-0.4, -0.2) is 31.1 Å². The van der Waals surface area contributed by atoms with Gasteiger partial charge in [0.1, 0.15) is 12.7 Å². The minimum absolute atomic E-state index is 0.189. The Morgan fingerprint density at radius 1 is 1.04 bits per heavy atom. The van der Waals surface area contributed by atoms with Crippen molar-refractivity contribution in [1.29, 1.82) is 0 Å². The monoisotopic (exact) mass is 326 g/mol. The molecule has 6 nitrogen and oxygen atoms in total. The molecule has 2 aromatic carbocycles. The van der Waals surface area contributed by atoms with Crippen LogP contribution in [0.2, 0.25) is 0 Å². The summed E-state index contributed by atoms with van der Waals surface area (Å²) in [4.78, 5) is 23.9. The molecule has 24 heavy (non-hydrogen) atoms. The molecule has 0 spiro atoms. The lowest BCUT2D eigenvalue weighted by molar-refractivity contribution is -0.136. The molecular weight excluding hydrogens is 308 g/mol. The molecule has 6 heteroatoms. The molecule has 0 saturated heterocycles. The normalized spacial score (nSPS) is 15.5. The molecule has 1 aliphatic heterocycles. The predicted molar refractivity (Wildman–Crippen MR) is 89.2 cm³/mol. The van der Waals surface area contributed by atoms with Gasteiger partial charge in [-0.3, -0.25) is 9.59 Å². The summed E-state index contributed by atoms with van der Waals surface area (Å²) < 4.78 is 11.3. The zero-order valence-corrected chi connectivity index (χ0v) is 13.2. The van der Waals surface area contributed by atoms with Crippen molar-refractivity contribution in [2.75, 3.05) is 18.5 Å². The molecular formula is C18H18N2O4. The molecule has 1 aliphatic rings. The van der Waals surface area contributed by atoms with Crippen LogP contribution in [0.1, 0.15) is 5.56 Å². The number of ether oxygens (including phenoxy) is 2. The molecule has 1 atom stereocenters. The van der Waals surface area contributed by atoms with Crippen molar-refractivity contribution in [3.05, 3.63) is 54.1 Å². The van der Waals surface area contributed by atoms with Crippen molar-refractivity contribution in [3.8, 4) is 11.5 Å². The summed E-state index contributed by atoms with van der Waals surface area (Å²) in [5.74, 6) is -0.105. The standard InChI is InChI=1S/C18H18N2O4/c1-12-6-2-3-7-14(12)20-18(22)17(21)19-10-13-11-23-15-8-4-5-9-16(15)24-13/h2-9,13H,10-11H2,1H3,(H,19,21)(H,20,22)/t13-/m0/s1. The molecule has 0 fully saturated rings. The molecule has 0 radical (unpaired) electrons. The highest BCUT2D eigenvalue weighted by molar-refractivity contribution is 6.39. The quantitative estimate of drug-likeness (QED) is 0.845. The SMILES string of the molecule is Cc1ccccc1NC(=O)C(=O)NC[C@H]1COc2ccccc2O1. The highest BCUT2D eigenvalue weighted by Crippen LogP contribution is 2.30. The lowest BCUT2D eigenvalue weighted by Crippen LogP contribution is -2.44. The molecule has 0 aromatic heterocycles. The van der Waals surface area contributed by atoms with E-state index in [1.807, 2.05) is 37.3 Å². The highest BCUT2D eigenvalue weighted by atomic mass is 16.6. The smallest absolute Gasteiger partial charge is 0.313 e. The molecule has 2 amide bonds. The molecule has 0 unspecified atom stereocenters. The van der Waals surface area contributed by atoms with Gasteiger partial charge in [0.25, 0.3) is 0 Å². The van der Waals surface area contributed by atoms with Crippen LogP contribution < -0.4 is 20.1 Å². The highest BCUT2D eigenvalue weighted by Gasteiger charge is 2.22. The number of benzene rings is 2. The zero-order valence-electron chi connectivity index (χ0n) is 13.2. The van der Waals surface area contributed by atoms with Crippen LogP contribution in [0.5, 0.6) is 11.5 Å². The van der Waals surface area contributed by atoms with Gasteiger partial charge >= 0.3 is 11.8 Å². The second kappa shape index (κ2) is 7.04. The van der Waals surface area contributed by atoms with Crippen molar-refractivity contribution in [1.82, 2.24) is 5.32 Å². The molecule has 0 bridgehead atoms. The van der Waals surface area contributed by atoms with Crippen molar-refractivity contribution >= 4 is 17.5 Å². The average molecular weight is 326 g/mol. The van der Waals surface area contributed by atoms with Crippen LogP contribution in [0.25, 0.3) is 0 Å². The molecule has 2 aromatic rings. The summed E-state index contributed by atoms with van der Waals surface area (Å²) in [6.07, 6.45) is -0.338. The molecule has 0 saturated carbocycles. The van der Waals surface area contributed by atoms with E-state index >= 15 is 0 Å². The van der Waals surface area contributed by atoms with E-state index in [-0.39, 0.29) is 12.6 Å². The number of carbonyl (C=O) groups is 2. The molecule has 0 aliphatic carbocycles. The van der Waals surface area contributed by atoms with Crippen LogP contribution in [0, 0.1) is 6.92 Å². The number of amides is 2. The second-order valence-corrected chi connectivity index (χ2v) is 5.48. The van der Waals surface area contributed by atoms with Gasteiger partial charge < -0.3 is 20.1 Å². The molecule has 3 rings (SSSR count). The minimum atomic E-state index is -0.708. The van der Waals surface area contributed by atoms with Crippen molar-refractivity contribution in [3.63, 3.8) is 0 Å². The number of aryl methyl sites for hydroxylation is 1. The maximum atomic E-state index is 11.9. The van der Waals surface area contributed by atoms with Gasteiger partial charge in [-0.1, -0.05) is 30.3 Å². The molecule has 124 valence electrons. The Labute approximate surface area is 139 Å². The topological polar surface area (TPSA) is 76.7 Å². The number of hydrogen-bond donors (Lipinski definition) is 2. The van der Waals surface area contributed by atoms with Crippen molar-refractivity contribution in [2.45, 2.75) is 13.0 Å². The average Bonchev–Trinajstić information content (AvgIpc) is 2.61. The van der Waals surface area contributed by atoms with E-state index in [1.165, 1.54) is 0 Å². The van der Waals surface area contributed by atoms with Crippen LogP contribution in [0.4, 0.5) is 5.69 Å². The number of fused-ring (bicyclic) bond motifs is 1. The summed E-state index contributed by atoms with van der Waals surface area (Å²) in [6, 6.07) is 14.6. The lowest BCUT2D eigenvalue weighted by Gasteiger charge is -2.26. The van der Waals surface area contributed by atoms with E-state index in [0.29, 0.717) is 23.8 Å². The maximum Gasteiger partial charge on any atom is 0.313 e. The van der Waals surface area contributed by atoms with E-state index in [2.05, 4.69) is 10.6 Å².